The van der Waals surface area contributed by atoms with Gasteiger partial charge in [-0.1, -0.05) is 12.1 Å². The van der Waals surface area contributed by atoms with Crippen molar-refractivity contribution in [2.45, 2.75) is 19.4 Å². The highest BCUT2D eigenvalue weighted by Crippen LogP contribution is 2.16. The average molecular weight is 231 g/mol. The second kappa shape index (κ2) is 5.55. The molecule has 0 aliphatic carbocycles. The summed E-state index contributed by atoms with van der Waals surface area (Å²) >= 11 is 0. The molecule has 1 atom stereocenters. The number of nitrogens with two attached hydrogens (primary N) is 1. The fourth-order valence-electron chi connectivity index (χ4n) is 1.66. The first-order valence-electron chi connectivity index (χ1n) is 5.73. The molecule has 1 heterocycles. The van der Waals surface area contributed by atoms with Gasteiger partial charge in [0.05, 0.1) is 19.1 Å². The van der Waals surface area contributed by atoms with Gasteiger partial charge >= 0.3 is 0 Å². The molecule has 0 bridgehead atoms. The highest BCUT2D eigenvalue weighted by Gasteiger charge is 2.07. The van der Waals surface area contributed by atoms with E-state index in [0.717, 1.165) is 17.7 Å². The summed E-state index contributed by atoms with van der Waals surface area (Å²) < 4.78 is 10.6. The van der Waals surface area contributed by atoms with Crippen LogP contribution in [0.15, 0.2) is 47.3 Å². The standard InChI is InChI=1S/C14H17NO2/c1-11-3-2-4-13(9-11)17-8-6-14(15)12-5-7-16-10-12/h2-5,7,9-10,14H,6,8,15H2,1H3. The van der Waals surface area contributed by atoms with Crippen LogP contribution >= 0.6 is 0 Å². The van der Waals surface area contributed by atoms with Gasteiger partial charge in [-0.05, 0) is 30.7 Å². The molecule has 1 aromatic carbocycles. The molecule has 3 heteroatoms. The van der Waals surface area contributed by atoms with Crippen LogP contribution in [0.1, 0.15) is 23.6 Å². The largest absolute Gasteiger partial charge is 0.494 e. The van der Waals surface area contributed by atoms with Gasteiger partial charge < -0.3 is 14.9 Å². The Bertz CT molecular complexity index is 451. The molecule has 0 radical (unpaired) electrons. The first kappa shape index (κ1) is 11.7. The predicted octanol–water partition coefficient (Wildman–Crippen LogP) is 3.06. The zero-order valence-electron chi connectivity index (χ0n) is 9.93. The number of furan rings is 1. The monoisotopic (exact) mass is 231 g/mol. The maximum absolute atomic E-state index is 5.99. The Morgan fingerprint density at radius 3 is 2.94 bits per heavy atom. The van der Waals surface area contributed by atoms with E-state index in [4.69, 9.17) is 14.9 Å². The average Bonchev–Trinajstić information content (AvgIpc) is 2.82. The fraction of sp³-hybridized carbons (Fsp3) is 0.286. The van der Waals surface area contributed by atoms with Crippen molar-refractivity contribution in [3.05, 3.63) is 54.0 Å². The Hall–Kier alpha value is -1.74. The third-order valence-electron chi connectivity index (χ3n) is 2.66. The molecule has 2 aromatic rings. The minimum atomic E-state index is -0.0291. The Morgan fingerprint density at radius 2 is 2.24 bits per heavy atom. The molecule has 0 saturated heterocycles. The summed E-state index contributed by atoms with van der Waals surface area (Å²) in [5, 5.41) is 0. The number of rotatable bonds is 5. The molecule has 1 unspecified atom stereocenters. The lowest BCUT2D eigenvalue weighted by atomic mass is 10.1. The van der Waals surface area contributed by atoms with E-state index in [0.29, 0.717) is 6.61 Å². The molecule has 0 spiro atoms. The van der Waals surface area contributed by atoms with Crippen molar-refractivity contribution in [3.8, 4) is 5.75 Å². The summed E-state index contributed by atoms with van der Waals surface area (Å²) in [6.45, 7) is 2.65. The SMILES string of the molecule is Cc1cccc(OCCC(N)c2ccoc2)c1. The predicted molar refractivity (Wildman–Crippen MR) is 66.9 cm³/mol. The van der Waals surface area contributed by atoms with Gasteiger partial charge in [-0.15, -0.1) is 0 Å². The van der Waals surface area contributed by atoms with Gasteiger partial charge in [0, 0.05) is 18.0 Å². The highest BCUT2D eigenvalue weighted by atomic mass is 16.5. The van der Waals surface area contributed by atoms with E-state index in [-0.39, 0.29) is 6.04 Å². The van der Waals surface area contributed by atoms with Crippen LogP contribution in [0.2, 0.25) is 0 Å². The maximum atomic E-state index is 5.99. The van der Waals surface area contributed by atoms with Crippen LogP contribution in [0.5, 0.6) is 5.75 Å². The van der Waals surface area contributed by atoms with Crippen molar-refractivity contribution < 1.29 is 9.15 Å². The number of hydrogen-bond acceptors (Lipinski definition) is 3. The van der Waals surface area contributed by atoms with E-state index in [9.17, 15) is 0 Å². The normalized spacial score (nSPS) is 12.4. The van der Waals surface area contributed by atoms with Crippen molar-refractivity contribution in [3.63, 3.8) is 0 Å². The lowest BCUT2D eigenvalue weighted by Gasteiger charge is -2.11. The van der Waals surface area contributed by atoms with Gasteiger partial charge in [0.15, 0.2) is 0 Å². The van der Waals surface area contributed by atoms with E-state index in [1.54, 1.807) is 12.5 Å². The Kier molecular flexibility index (Phi) is 3.83. The molecule has 17 heavy (non-hydrogen) atoms. The minimum absolute atomic E-state index is 0.0291. The summed E-state index contributed by atoms with van der Waals surface area (Å²) in [5.74, 6) is 0.893. The molecular formula is C14H17NO2. The quantitative estimate of drug-likeness (QED) is 0.860. The molecule has 0 saturated carbocycles. The van der Waals surface area contributed by atoms with Gasteiger partial charge in [0.2, 0.25) is 0 Å². The fourth-order valence-corrected chi connectivity index (χ4v) is 1.66. The Labute approximate surface area is 101 Å². The summed E-state index contributed by atoms with van der Waals surface area (Å²) in [5.41, 5.74) is 8.20. The summed E-state index contributed by atoms with van der Waals surface area (Å²) in [6, 6.07) is 9.86. The third-order valence-corrected chi connectivity index (χ3v) is 2.66. The summed E-state index contributed by atoms with van der Waals surface area (Å²) in [4.78, 5) is 0. The highest BCUT2D eigenvalue weighted by molar-refractivity contribution is 5.27. The van der Waals surface area contributed by atoms with Crippen LogP contribution in [0.4, 0.5) is 0 Å². The van der Waals surface area contributed by atoms with E-state index < -0.39 is 0 Å². The zero-order chi connectivity index (χ0) is 12.1. The molecule has 1 aromatic heterocycles. The van der Waals surface area contributed by atoms with Crippen LogP contribution in [0.25, 0.3) is 0 Å². The van der Waals surface area contributed by atoms with Gasteiger partial charge in [0.25, 0.3) is 0 Å². The van der Waals surface area contributed by atoms with Gasteiger partial charge in [-0.25, -0.2) is 0 Å². The van der Waals surface area contributed by atoms with Crippen LogP contribution in [0.3, 0.4) is 0 Å². The number of ether oxygens (including phenoxy) is 1. The van der Waals surface area contributed by atoms with Crippen LogP contribution in [0, 0.1) is 6.92 Å². The zero-order valence-corrected chi connectivity index (χ0v) is 9.93. The lowest BCUT2D eigenvalue weighted by molar-refractivity contribution is 0.298. The smallest absolute Gasteiger partial charge is 0.119 e. The second-order valence-corrected chi connectivity index (χ2v) is 4.12. The van der Waals surface area contributed by atoms with Gasteiger partial charge in [-0.2, -0.15) is 0 Å². The number of hydrogen-bond donors (Lipinski definition) is 1. The van der Waals surface area contributed by atoms with Crippen molar-refractivity contribution in [2.24, 2.45) is 5.73 Å². The van der Waals surface area contributed by atoms with Crippen LogP contribution < -0.4 is 10.5 Å². The minimum Gasteiger partial charge on any atom is -0.494 e. The van der Waals surface area contributed by atoms with Crippen molar-refractivity contribution in [1.82, 2.24) is 0 Å². The van der Waals surface area contributed by atoms with Crippen LogP contribution in [-0.2, 0) is 0 Å². The molecule has 0 amide bonds. The van der Waals surface area contributed by atoms with Crippen LogP contribution in [-0.4, -0.2) is 6.61 Å². The first-order valence-corrected chi connectivity index (χ1v) is 5.73. The van der Waals surface area contributed by atoms with E-state index in [2.05, 4.69) is 0 Å². The Morgan fingerprint density at radius 1 is 1.35 bits per heavy atom. The summed E-state index contributed by atoms with van der Waals surface area (Å²) in [6.07, 6.45) is 4.08. The summed E-state index contributed by atoms with van der Waals surface area (Å²) in [7, 11) is 0. The number of benzene rings is 1. The molecule has 90 valence electrons. The molecule has 0 aliphatic heterocycles. The van der Waals surface area contributed by atoms with Crippen molar-refractivity contribution in [2.75, 3.05) is 6.61 Å². The maximum Gasteiger partial charge on any atom is 0.119 e. The van der Waals surface area contributed by atoms with E-state index in [1.165, 1.54) is 5.56 Å². The van der Waals surface area contributed by atoms with Gasteiger partial charge in [0.1, 0.15) is 5.75 Å². The van der Waals surface area contributed by atoms with E-state index in [1.807, 2.05) is 37.3 Å². The molecular weight excluding hydrogens is 214 g/mol. The molecule has 0 aliphatic rings. The molecule has 2 N–H and O–H groups in total. The second-order valence-electron chi connectivity index (χ2n) is 4.12. The van der Waals surface area contributed by atoms with Crippen molar-refractivity contribution in [1.29, 1.82) is 0 Å². The third kappa shape index (κ3) is 3.36. The van der Waals surface area contributed by atoms with Gasteiger partial charge in [-0.3, -0.25) is 0 Å². The van der Waals surface area contributed by atoms with E-state index >= 15 is 0 Å². The van der Waals surface area contributed by atoms with Crippen molar-refractivity contribution >= 4 is 0 Å². The lowest BCUT2D eigenvalue weighted by Crippen LogP contribution is -2.13. The molecule has 0 fully saturated rings. The molecule has 2 rings (SSSR count). The Balaban J connectivity index is 1.80. The number of aryl methyl sites for hydroxylation is 1. The first-order chi connectivity index (χ1) is 8.25. The molecule has 3 nitrogen and oxygen atoms in total. The topological polar surface area (TPSA) is 48.4 Å².